The minimum Gasteiger partial charge on any atom is -0.310 e. The molecule has 120 valence electrons. The number of nitrogens with one attached hydrogen (secondary N) is 1. The highest BCUT2D eigenvalue weighted by Gasteiger charge is 2.17. The van der Waals surface area contributed by atoms with Gasteiger partial charge in [0, 0.05) is 6.04 Å². The Kier molecular flexibility index (Phi) is 9.18. The van der Waals surface area contributed by atoms with E-state index in [0.717, 1.165) is 25.3 Å². The van der Waals surface area contributed by atoms with Gasteiger partial charge in [-0.3, -0.25) is 0 Å². The first-order valence-corrected chi connectivity index (χ1v) is 9.09. The van der Waals surface area contributed by atoms with Crippen molar-refractivity contribution >= 4 is 15.9 Å². The van der Waals surface area contributed by atoms with Gasteiger partial charge in [-0.1, -0.05) is 52.5 Å². The van der Waals surface area contributed by atoms with Crippen LogP contribution in [-0.4, -0.2) is 6.54 Å². The lowest BCUT2D eigenvalue weighted by Crippen LogP contribution is -2.24. The Balaban J connectivity index is 2.80. The Morgan fingerprint density at radius 2 is 1.95 bits per heavy atom. The van der Waals surface area contributed by atoms with Gasteiger partial charge in [-0.2, -0.15) is 0 Å². The SMILES string of the molecule is CCCCC(CC)CC(NCCC)c1ccc(F)c(Br)c1. The third kappa shape index (κ3) is 6.48. The van der Waals surface area contributed by atoms with Crippen molar-refractivity contribution in [1.82, 2.24) is 5.32 Å². The fourth-order valence-electron chi connectivity index (χ4n) is 2.70. The van der Waals surface area contributed by atoms with Gasteiger partial charge in [0.25, 0.3) is 0 Å². The molecule has 0 aliphatic heterocycles. The van der Waals surface area contributed by atoms with Gasteiger partial charge in [-0.05, 0) is 58.9 Å². The van der Waals surface area contributed by atoms with E-state index in [4.69, 9.17) is 0 Å². The molecule has 0 spiro atoms. The van der Waals surface area contributed by atoms with E-state index in [9.17, 15) is 4.39 Å². The van der Waals surface area contributed by atoms with Crippen LogP contribution < -0.4 is 5.32 Å². The summed E-state index contributed by atoms with van der Waals surface area (Å²) in [6.45, 7) is 7.71. The Hall–Kier alpha value is -0.410. The molecule has 1 N–H and O–H groups in total. The summed E-state index contributed by atoms with van der Waals surface area (Å²) in [7, 11) is 0. The van der Waals surface area contributed by atoms with Gasteiger partial charge in [-0.25, -0.2) is 4.39 Å². The third-order valence-corrected chi connectivity index (χ3v) is 4.71. The minimum absolute atomic E-state index is 0.189. The Bertz CT molecular complexity index is 408. The van der Waals surface area contributed by atoms with Gasteiger partial charge in [0.05, 0.1) is 4.47 Å². The second-order valence-corrected chi connectivity index (χ2v) is 6.69. The maximum atomic E-state index is 13.4. The summed E-state index contributed by atoms with van der Waals surface area (Å²) in [5, 5.41) is 3.63. The van der Waals surface area contributed by atoms with E-state index in [1.165, 1.54) is 31.2 Å². The molecule has 1 nitrogen and oxygen atoms in total. The van der Waals surface area contributed by atoms with Crippen LogP contribution in [0.2, 0.25) is 0 Å². The molecule has 1 aromatic carbocycles. The molecular formula is C18H29BrFN. The zero-order valence-electron chi connectivity index (χ0n) is 13.6. The Morgan fingerprint density at radius 1 is 1.19 bits per heavy atom. The lowest BCUT2D eigenvalue weighted by Gasteiger charge is -2.24. The second kappa shape index (κ2) is 10.3. The number of unbranched alkanes of at least 4 members (excludes halogenated alkanes) is 1. The first-order chi connectivity index (χ1) is 10.1. The zero-order chi connectivity index (χ0) is 15.7. The highest BCUT2D eigenvalue weighted by molar-refractivity contribution is 9.10. The van der Waals surface area contributed by atoms with Crippen LogP contribution in [0.1, 0.15) is 70.9 Å². The van der Waals surface area contributed by atoms with Gasteiger partial charge in [-0.15, -0.1) is 0 Å². The molecule has 0 heterocycles. The van der Waals surface area contributed by atoms with Crippen LogP contribution in [0, 0.1) is 11.7 Å². The van der Waals surface area contributed by atoms with Crippen molar-refractivity contribution in [1.29, 1.82) is 0 Å². The molecular weight excluding hydrogens is 329 g/mol. The fourth-order valence-corrected chi connectivity index (χ4v) is 3.10. The fraction of sp³-hybridized carbons (Fsp3) is 0.667. The van der Waals surface area contributed by atoms with Crippen LogP contribution in [0.15, 0.2) is 22.7 Å². The van der Waals surface area contributed by atoms with Crippen LogP contribution in [0.4, 0.5) is 4.39 Å². The molecule has 0 bridgehead atoms. The van der Waals surface area contributed by atoms with Crippen molar-refractivity contribution < 1.29 is 4.39 Å². The van der Waals surface area contributed by atoms with Crippen molar-refractivity contribution in [2.45, 2.75) is 65.3 Å². The quantitative estimate of drug-likeness (QED) is 0.522. The predicted molar refractivity (Wildman–Crippen MR) is 93.1 cm³/mol. The monoisotopic (exact) mass is 357 g/mol. The summed E-state index contributed by atoms with van der Waals surface area (Å²) in [6.07, 6.45) is 7.31. The van der Waals surface area contributed by atoms with E-state index in [-0.39, 0.29) is 5.82 Å². The van der Waals surface area contributed by atoms with Crippen LogP contribution in [0.25, 0.3) is 0 Å². The average molecular weight is 358 g/mol. The molecule has 0 radical (unpaired) electrons. The first kappa shape index (κ1) is 18.6. The maximum Gasteiger partial charge on any atom is 0.137 e. The molecule has 0 fully saturated rings. The normalized spacial score (nSPS) is 14.1. The molecule has 0 aliphatic carbocycles. The van der Waals surface area contributed by atoms with Crippen molar-refractivity contribution in [3.8, 4) is 0 Å². The van der Waals surface area contributed by atoms with Crippen LogP contribution >= 0.6 is 15.9 Å². The third-order valence-electron chi connectivity index (χ3n) is 4.10. The summed E-state index contributed by atoms with van der Waals surface area (Å²) in [4.78, 5) is 0. The summed E-state index contributed by atoms with van der Waals surface area (Å²) in [6, 6.07) is 5.73. The molecule has 2 atom stereocenters. The van der Waals surface area contributed by atoms with Gasteiger partial charge >= 0.3 is 0 Å². The Labute approximate surface area is 137 Å². The number of rotatable bonds is 10. The lowest BCUT2D eigenvalue weighted by atomic mass is 9.89. The average Bonchev–Trinajstić information content (AvgIpc) is 2.49. The number of benzene rings is 1. The lowest BCUT2D eigenvalue weighted by molar-refractivity contribution is 0.353. The van der Waals surface area contributed by atoms with E-state index in [2.05, 4.69) is 42.0 Å². The summed E-state index contributed by atoms with van der Waals surface area (Å²) in [5.41, 5.74) is 1.19. The van der Waals surface area contributed by atoms with E-state index in [0.29, 0.717) is 10.5 Å². The smallest absolute Gasteiger partial charge is 0.137 e. The van der Waals surface area contributed by atoms with E-state index >= 15 is 0 Å². The largest absolute Gasteiger partial charge is 0.310 e. The maximum absolute atomic E-state index is 13.4. The van der Waals surface area contributed by atoms with Crippen molar-refractivity contribution in [2.24, 2.45) is 5.92 Å². The van der Waals surface area contributed by atoms with E-state index in [1.54, 1.807) is 6.07 Å². The summed E-state index contributed by atoms with van der Waals surface area (Å²) in [5.74, 6) is 0.550. The standard InChI is InChI=1S/C18H29BrFN/c1-4-7-8-14(6-3)12-18(21-11-5-2)15-9-10-17(20)16(19)13-15/h9-10,13-14,18,21H,4-8,11-12H2,1-3H3. The molecule has 0 amide bonds. The van der Waals surface area contributed by atoms with E-state index < -0.39 is 0 Å². The molecule has 3 heteroatoms. The second-order valence-electron chi connectivity index (χ2n) is 5.83. The molecule has 2 unspecified atom stereocenters. The van der Waals surface area contributed by atoms with Crippen molar-refractivity contribution in [3.05, 3.63) is 34.1 Å². The molecule has 0 aliphatic rings. The minimum atomic E-state index is -0.189. The predicted octanol–water partition coefficient (Wildman–Crippen LogP) is 6.24. The van der Waals surface area contributed by atoms with Gasteiger partial charge in [0.15, 0.2) is 0 Å². The molecule has 1 rings (SSSR count). The number of halogens is 2. The summed E-state index contributed by atoms with van der Waals surface area (Å²) >= 11 is 3.30. The zero-order valence-corrected chi connectivity index (χ0v) is 15.2. The molecule has 1 aromatic rings. The molecule has 0 saturated heterocycles. The molecule has 0 aromatic heterocycles. The van der Waals surface area contributed by atoms with Crippen LogP contribution in [0.3, 0.4) is 0 Å². The number of hydrogen-bond acceptors (Lipinski definition) is 1. The summed E-state index contributed by atoms with van der Waals surface area (Å²) < 4.78 is 14.0. The van der Waals surface area contributed by atoms with Crippen molar-refractivity contribution in [2.75, 3.05) is 6.54 Å². The van der Waals surface area contributed by atoms with Crippen LogP contribution in [0.5, 0.6) is 0 Å². The molecule has 21 heavy (non-hydrogen) atoms. The highest BCUT2D eigenvalue weighted by Crippen LogP contribution is 2.29. The highest BCUT2D eigenvalue weighted by atomic mass is 79.9. The first-order valence-electron chi connectivity index (χ1n) is 8.30. The number of hydrogen-bond donors (Lipinski definition) is 1. The molecule has 0 saturated carbocycles. The van der Waals surface area contributed by atoms with Crippen molar-refractivity contribution in [3.63, 3.8) is 0 Å². The van der Waals surface area contributed by atoms with E-state index in [1.807, 2.05) is 12.1 Å². The topological polar surface area (TPSA) is 12.0 Å². The van der Waals surface area contributed by atoms with Crippen LogP contribution in [-0.2, 0) is 0 Å². The Morgan fingerprint density at radius 3 is 2.52 bits per heavy atom. The van der Waals surface area contributed by atoms with Gasteiger partial charge in [0.1, 0.15) is 5.82 Å². The van der Waals surface area contributed by atoms with Gasteiger partial charge in [0.2, 0.25) is 0 Å². The van der Waals surface area contributed by atoms with Gasteiger partial charge < -0.3 is 5.32 Å².